The fraction of sp³-hybridized carbons (Fsp3) is 0.364. The van der Waals surface area contributed by atoms with Gasteiger partial charge in [-0.1, -0.05) is 55.1 Å². The van der Waals surface area contributed by atoms with Gasteiger partial charge in [-0.2, -0.15) is 0 Å². The number of carbonyl (C=O) groups excluding carboxylic acids is 2. The van der Waals surface area contributed by atoms with Gasteiger partial charge in [0.15, 0.2) is 0 Å². The summed E-state index contributed by atoms with van der Waals surface area (Å²) in [6.45, 7) is 5.71. The number of ketones is 1. The molecule has 3 unspecified atom stereocenters. The van der Waals surface area contributed by atoms with Crippen LogP contribution < -0.4 is 0 Å². The Labute approximate surface area is 153 Å². The summed E-state index contributed by atoms with van der Waals surface area (Å²) in [4.78, 5) is 24.2. The van der Waals surface area contributed by atoms with Gasteiger partial charge in [0.2, 0.25) is 0 Å². The van der Waals surface area contributed by atoms with E-state index in [-0.39, 0.29) is 30.4 Å². The third-order valence-electron chi connectivity index (χ3n) is 5.04. The van der Waals surface area contributed by atoms with Crippen molar-refractivity contribution >= 4 is 22.5 Å². The van der Waals surface area contributed by atoms with Crippen LogP contribution in [0.2, 0.25) is 0 Å². The lowest BCUT2D eigenvalue weighted by Crippen LogP contribution is -2.25. The summed E-state index contributed by atoms with van der Waals surface area (Å²) < 4.78 is 11.2. The lowest BCUT2D eigenvalue weighted by molar-refractivity contribution is -0.150. The van der Waals surface area contributed by atoms with Crippen LogP contribution in [0.4, 0.5) is 0 Å². The predicted octanol–water partition coefficient (Wildman–Crippen LogP) is 4.07. The van der Waals surface area contributed by atoms with Gasteiger partial charge in [0.25, 0.3) is 0 Å². The lowest BCUT2D eigenvalue weighted by Gasteiger charge is -2.14. The molecule has 3 rings (SSSR count). The van der Waals surface area contributed by atoms with Crippen LogP contribution in [0, 0.1) is 11.8 Å². The second-order valence-corrected chi connectivity index (χ2v) is 6.79. The van der Waals surface area contributed by atoms with Gasteiger partial charge >= 0.3 is 5.97 Å². The van der Waals surface area contributed by atoms with E-state index < -0.39 is 5.92 Å². The van der Waals surface area contributed by atoms with E-state index in [1.807, 2.05) is 18.2 Å². The molecule has 0 spiro atoms. The third kappa shape index (κ3) is 4.02. The Morgan fingerprint density at radius 3 is 2.62 bits per heavy atom. The molecule has 0 N–H and O–H groups in total. The SMILES string of the molecule is C=CCOC(=O)C1CC(OCc2cccc3ccccc23)CC1C(C)=O. The Bertz CT molecular complexity index is 805. The summed E-state index contributed by atoms with van der Waals surface area (Å²) in [5.74, 6) is -1.07. The van der Waals surface area contributed by atoms with Crippen LogP contribution in [0.25, 0.3) is 10.8 Å². The highest BCUT2D eigenvalue weighted by atomic mass is 16.5. The Morgan fingerprint density at radius 1 is 1.12 bits per heavy atom. The first-order valence-corrected chi connectivity index (χ1v) is 8.96. The Morgan fingerprint density at radius 2 is 1.85 bits per heavy atom. The topological polar surface area (TPSA) is 52.6 Å². The Balaban J connectivity index is 1.67. The van der Waals surface area contributed by atoms with Crippen molar-refractivity contribution < 1.29 is 19.1 Å². The number of rotatable bonds is 7. The van der Waals surface area contributed by atoms with E-state index in [1.165, 1.54) is 18.4 Å². The van der Waals surface area contributed by atoms with Gasteiger partial charge < -0.3 is 9.47 Å². The smallest absolute Gasteiger partial charge is 0.310 e. The van der Waals surface area contributed by atoms with Crippen molar-refractivity contribution in [2.45, 2.75) is 32.5 Å². The average molecular weight is 352 g/mol. The molecule has 0 aromatic heterocycles. The predicted molar refractivity (Wildman–Crippen MR) is 101 cm³/mol. The van der Waals surface area contributed by atoms with Crippen LogP contribution >= 0.6 is 0 Å². The quantitative estimate of drug-likeness (QED) is 0.557. The maximum Gasteiger partial charge on any atom is 0.310 e. The van der Waals surface area contributed by atoms with Crippen molar-refractivity contribution in [2.75, 3.05) is 6.61 Å². The number of esters is 1. The average Bonchev–Trinajstić information content (AvgIpc) is 3.09. The number of fused-ring (bicyclic) bond motifs is 1. The molecule has 136 valence electrons. The molecule has 0 aliphatic heterocycles. The fourth-order valence-corrected chi connectivity index (χ4v) is 3.71. The van der Waals surface area contributed by atoms with Gasteiger partial charge in [0, 0.05) is 5.92 Å². The van der Waals surface area contributed by atoms with E-state index in [9.17, 15) is 9.59 Å². The molecular weight excluding hydrogens is 328 g/mol. The maximum atomic E-state index is 12.2. The molecule has 3 atom stereocenters. The van der Waals surface area contributed by atoms with Crippen molar-refractivity contribution in [1.29, 1.82) is 0 Å². The standard InChI is InChI=1S/C22H24O4/c1-3-11-25-22(24)21-13-18(12-20(21)15(2)23)26-14-17-9-6-8-16-7-4-5-10-19(16)17/h3-10,18,20-21H,1,11-14H2,2H3. The highest BCUT2D eigenvalue weighted by Crippen LogP contribution is 2.36. The number of Topliss-reactive ketones (excluding diaryl/α,β-unsaturated/α-hetero) is 1. The second kappa shape index (κ2) is 8.28. The molecule has 0 saturated heterocycles. The van der Waals surface area contributed by atoms with Crippen molar-refractivity contribution in [3.63, 3.8) is 0 Å². The largest absolute Gasteiger partial charge is 0.461 e. The van der Waals surface area contributed by atoms with Gasteiger partial charge in [0.1, 0.15) is 12.4 Å². The number of carbonyl (C=O) groups is 2. The summed E-state index contributed by atoms with van der Waals surface area (Å²) in [5, 5.41) is 2.34. The van der Waals surface area contributed by atoms with Crippen molar-refractivity contribution in [2.24, 2.45) is 11.8 Å². The highest BCUT2D eigenvalue weighted by Gasteiger charge is 2.42. The molecule has 1 aliphatic carbocycles. The van der Waals surface area contributed by atoms with E-state index in [1.54, 1.807) is 0 Å². The Kier molecular flexibility index (Phi) is 5.84. The summed E-state index contributed by atoms with van der Waals surface area (Å²) in [6.07, 6.45) is 2.49. The minimum absolute atomic E-state index is 0.0156. The first-order valence-electron chi connectivity index (χ1n) is 8.96. The molecule has 2 aromatic carbocycles. The van der Waals surface area contributed by atoms with Crippen LogP contribution in [-0.4, -0.2) is 24.5 Å². The number of hydrogen-bond donors (Lipinski definition) is 0. The number of hydrogen-bond acceptors (Lipinski definition) is 4. The van der Waals surface area contributed by atoms with Crippen molar-refractivity contribution in [1.82, 2.24) is 0 Å². The molecule has 0 heterocycles. The monoisotopic (exact) mass is 352 g/mol. The lowest BCUT2D eigenvalue weighted by atomic mass is 9.93. The summed E-state index contributed by atoms with van der Waals surface area (Å²) in [6, 6.07) is 14.3. The molecule has 1 saturated carbocycles. The molecule has 4 nitrogen and oxygen atoms in total. The van der Waals surface area contributed by atoms with Crippen LogP contribution in [0.3, 0.4) is 0 Å². The van der Waals surface area contributed by atoms with Gasteiger partial charge in [0.05, 0.1) is 18.6 Å². The van der Waals surface area contributed by atoms with E-state index in [4.69, 9.17) is 9.47 Å². The maximum absolute atomic E-state index is 12.2. The zero-order valence-electron chi connectivity index (χ0n) is 15.0. The number of ether oxygens (including phenoxy) is 2. The van der Waals surface area contributed by atoms with E-state index in [0.717, 1.165) is 10.9 Å². The van der Waals surface area contributed by atoms with Crippen molar-refractivity contribution in [3.8, 4) is 0 Å². The molecule has 1 aliphatic rings. The van der Waals surface area contributed by atoms with Crippen LogP contribution in [0.5, 0.6) is 0 Å². The van der Waals surface area contributed by atoms with E-state index >= 15 is 0 Å². The highest BCUT2D eigenvalue weighted by molar-refractivity contribution is 5.86. The van der Waals surface area contributed by atoms with Crippen molar-refractivity contribution in [3.05, 3.63) is 60.7 Å². The van der Waals surface area contributed by atoms with Crippen LogP contribution in [-0.2, 0) is 25.7 Å². The first-order chi connectivity index (χ1) is 12.6. The second-order valence-electron chi connectivity index (χ2n) is 6.79. The van der Waals surface area contributed by atoms with Gasteiger partial charge in [-0.15, -0.1) is 0 Å². The van der Waals surface area contributed by atoms with E-state index in [2.05, 4.69) is 30.8 Å². The minimum Gasteiger partial charge on any atom is -0.461 e. The molecule has 4 heteroatoms. The summed E-state index contributed by atoms with van der Waals surface area (Å²) >= 11 is 0. The number of benzene rings is 2. The third-order valence-corrected chi connectivity index (χ3v) is 5.04. The van der Waals surface area contributed by atoms with Gasteiger partial charge in [-0.05, 0) is 36.1 Å². The van der Waals surface area contributed by atoms with Crippen LogP contribution in [0.1, 0.15) is 25.3 Å². The first kappa shape index (κ1) is 18.3. The molecule has 2 aromatic rings. The molecule has 26 heavy (non-hydrogen) atoms. The van der Waals surface area contributed by atoms with Gasteiger partial charge in [-0.25, -0.2) is 0 Å². The van der Waals surface area contributed by atoms with Crippen LogP contribution in [0.15, 0.2) is 55.1 Å². The van der Waals surface area contributed by atoms with Gasteiger partial charge in [-0.3, -0.25) is 9.59 Å². The molecular formula is C22H24O4. The fourth-order valence-electron chi connectivity index (χ4n) is 3.71. The zero-order valence-corrected chi connectivity index (χ0v) is 15.0. The molecule has 0 bridgehead atoms. The minimum atomic E-state index is -0.426. The summed E-state index contributed by atoms with van der Waals surface area (Å²) in [5.41, 5.74) is 1.11. The summed E-state index contributed by atoms with van der Waals surface area (Å²) in [7, 11) is 0. The Hall–Kier alpha value is -2.46. The van der Waals surface area contributed by atoms with E-state index in [0.29, 0.717) is 19.4 Å². The molecule has 0 amide bonds. The normalized spacial score (nSPS) is 22.3. The molecule has 1 fully saturated rings. The molecule has 0 radical (unpaired) electrons. The zero-order chi connectivity index (χ0) is 18.5.